The molecule has 2 aromatic carbocycles. The third kappa shape index (κ3) is 6.94. The average molecular weight is 599 g/mol. The molecule has 0 bridgehead atoms. The lowest BCUT2D eigenvalue weighted by Gasteiger charge is -2.51. The van der Waals surface area contributed by atoms with Crippen molar-refractivity contribution in [2.45, 2.75) is 82.9 Å². The van der Waals surface area contributed by atoms with Crippen LogP contribution in [0.5, 0.6) is 0 Å². The van der Waals surface area contributed by atoms with E-state index in [0.29, 0.717) is 31.6 Å². The first-order valence-corrected chi connectivity index (χ1v) is 15.5. The zero-order valence-corrected chi connectivity index (χ0v) is 25.7. The van der Waals surface area contributed by atoms with Crippen LogP contribution in [0, 0.1) is 5.92 Å². The van der Waals surface area contributed by atoms with Gasteiger partial charge < -0.3 is 25.7 Å². The van der Waals surface area contributed by atoms with Gasteiger partial charge in [-0.3, -0.25) is 9.59 Å². The van der Waals surface area contributed by atoms with E-state index in [-0.39, 0.29) is 23.8 Å². The number of anilines is 1. The van der Waals surface area contributed by atoms with Crippen molar-refractivity contribution in [3.63, 3.8) is 0 Å². The molecule has 2 aliphatic carbocycles. The maximum absolute atomic E-state index is 13.1. The van der Waals surface area contributed by atoms with Gasteiger partial charge in [0.05, 0.1) is 11.1 Å². The molecule has 2 aliphatic rings. The molecule has 0 spiro atoms. The van der Waals surface area contributed by atoms with Crippen molar-refractivity contribution < 1.29 is 24.6 Å². The molecular weight excluding hydrogens is 556 g/mol. The van der Waals surface area contributed by atoms with Crippen LogP contribution in [0.3, 0.4) is 0 Å². The Kier molecular flexibility index (Phi) is 9.06. The zero-order valence-electron chi connectivity index (χ0n) is 25.7. The molecule has 3 aromatic rings. The van der Waals surface area contributed by atoms with Gasteiger partial charge in [0.2, 0.25) is 11.8 Å². The first-order valence-electron chi connectivity index (χ1n) is 15.5. The van der Waals surface area contributed by atoms with Gasteiger partial charge in [-0.1, -0.05) is 54.6 Å². The minimum Gasteiger partial charge on any atom is -0.465 e. The number of amides is 3. The zero-order chi connectivity index (χ0) is 31.5. The van der Waals surface area contributed by atoms with E-state index in [1.165, 1.54) is 0 Å². The molecule has 0 aliphatic heterocycles. The van der Waals surface area contributed by atoms with E-state index >= 15 is 0 Å². The molecule has 3 amide bonds. The monoisotopic (exact) mass is 598 g/mol. The van der Waals surface area contributed by atoms with E-state index in [4.69, 9.17) is 0 Å². The number of carbonyl (C=O) groups is 3. The number of nitrogens with one attached hydrogen (secondary N) is 2. The van der Waals surface area contributed by atoms with Gasteiger partial charge in [0.25, 0.3) is 0 Å². The second-order valence-electron chi connectivity index (χ2n) is 12.7. The van der Waals surface area contributed by atoms with Crippen LogP contribution in [-0.2, 0) is 15.1 Å². The average Bonchev–Trinajstić information content (AvgIpc) is 2.97. The van der Waals surface area contributed by atoms with Gasteiger partial charge in [0, 0.05) is 50.5 Å². The lowest BCUT2D eigenvalue weighted by Crippen LogP contribution is -2.61. The molecule has 4 N–H and O–H groups in total. The third-order valence-corrected chi connectivity index (χ3v) is 9.19. The summed E-state index contributed by atoms with van der Waals surface area (Å²) in [6.45, 7) is 6.06. The van der Waals surface area contributed by atoms with Crippen LogP contribution in [0.25, 0.3) is 22.3 Å². The Balaban J connectivity index is 1.32. The van der Waals surface area contributed by atoms with Crippen LogP contribution >= 0.6 is 0 Å². The summed E-state index contributed by atoms with van der Waals surface area (Å²) in [5.41, 5.74) is 2.72. The third-order valence-electron chi connectivity index (χ3n) is 9.19. The summed E-state index contributed by atoms with van der Waals surface area (Å²) < 4.78 is 0. The highest BCUT2D eigenvalue weighted by molar-refractivity contribution is 5.92. The Morgan fingerprint density at radius 3 is 2.16 bits per heavy atom. The van der Waals surface area contributed by atoms with Gasteiger partial charge in [-0.2, -0.15) is 0 Å². The Bertz CT molecular complexity index is 1490. The fourth-order valence-electron chi connectivity index (χ4n) is 7.25. The van der Waals surface area contributed by atoms with Crippen LogP contribution in [0.15, 0.2) is 66.9 Å². The number of nitrogens with zero attached hydrogens (tertiary/aromatic N) is 2. The van der Waals surface area contributed by atoms with Crippen molar-refractivity contribution in [3.05, 3.63) is 72.4 Å². The summed E-state index contributed by atoms with van der Waals surface area (Å²) in [7, 11) is 0. The van der Waals surface area contributed by atoms with E-state index in [0.717, 1.165) is 53.5 Å². The number of aliphatic hydroxyl groups is 1. The molecule has 1 heterocycles. The number of rotatable bonds is 9. The standard InChI is InChI=1S/C35H42N4O5/c1-4-39(23(2)40)28-16-10-24(11-17-28)18-32(41)37-31-19-29(25-8-6-5-7-9-25)30(20-36-31)26-12-14-27(15-13-26)35(38-33(42)43)21-34(3,44)22-35/h5-9,12-15,19-20,24,28,38,44H,4,10-11,16-18,21-22H2,1-3H3,(H,42,43)(H,36,37,41)/t24-,28-,34-,35-. The normalized spacial score (nSPS) is 24.5. The molecule has 44 heavy (non-hydrogen) atoms. The molecule has 5 rings (SSSR count). The molecule has 0 radical (unpaired) electrons. The number of carboxylic acid groups (broad SMARTS) is 1. The maximum atomic E-state index is 13.1. The molecule has 0 unspecified atom stereocenters. The molecule has 0 atom stereocenters. The molecule has 2 saturated carbocycles. The van der Waals surface area contributed by atoms with Gasteiger partial charge in [-0.05, 0) is 73.8 Å². The number of carbonyl (C=O) groups excluding carboxylic acids is 2. The highest BCUT2D eigenvalue weighted by Crippen LogP contribution is 2.48. The largest absolute Gasteiger partial charge is 0.465 e. The van der Waals surface area contributed by atoms with E-state index < -0.39 is 17.2 Å². The maximum Gasteiger partial charge on any atom is 0.405 e. The lowest BCUT2D eigenvalue weighted by molar-refractivity contribution is -0.132. The van der Waals surface area contributed by atoms with Crippen molar-refractivity contribution in [2.24, 2.45) is 5.92 Å². The number of aromatic nitrogens is 1. The molecular formula is C35H42N4O5. The fourth-order valence-corrected chi connectivity index (χ4v) is 7.25. The van der Waals surface area contributed by atoms with Gasteiger partial charge >= 0.3 is 6.09 Å². The minimum absolute atomic E-state index is 0.0661. The van der Waals surface area contributed by atoms with E-state index in [1.807, 2.05) is 72.5 Å². The lowest BCUT2D eigenvalue weighted by atomic mass is 9.62. The van der Waals surface area contributed by atoms with Gasteiger partial charge in [0.15, 0.2) is 0 Å². The van der Waals surface area contributed by atoms with Crippen molar-refractivity contribution >= 4 is 23.7 Å². The SMILES string of the molecule is CCN(C(C)=O)[C@H]1CC[C@H](CC(=O)Nc2cc(-c3ccccc3)c(-c3ccc([C@]4(NC(=O)O)C[C@](C)(O)C4)cc3)cn2)CC1. The van der Waals surface area contributed by atoms with Crippen LogP contribution < -0.4 is 10.6 Å². The molecule has 9 nitrogen and oxygen atoms in total. The summed E-state index contributed by atoms with van der Waals surface area (Å²) in [4.78, 5) is 43.1. The van der Waals surface area contributed by atoms with E-state index in [1.54, 1.807) is 20.0 Å². The number of hydrogen-bond donors (Lipinski definition) is 4. The minimum atomic E-state index is -1.12. The van der Waals surface area contributed by atoms with Gasteiger partial charge in [-0.15, -0.1) is 0 Å². The Morgan fingerprint density at radius 2 is 1.59 bits per heavy atom. The summed E-state index contributed by atoms with van der Waals surface area (Å²) in [6.07, 6.45) is 5.33. The predicted octanol–water partition coefficient (Wildman–Crippen LogP) is 6.18. The van der Waals surface area contributed by atoms with Gasteiger partial charge in [-0.25, -0.2) is 9.78 Å². The van der Waals surface area contributed by atoms with Crippen LogP contribution in [0.2, 0.25) is 0 Å². The number of hydrogen-bond acceptors (Lipinski definition) is 5. The summed E-state index contributed by atoms with van der Waals surface area (Å²) in [5.74, 6) is 0.809. The number of pyridine rings is 1. The Hall–Kier alpha value is -4.24. The first kappa shape index (κ1) is 31.2. The second kappa shape index (κ2) is 12.8. The van der Waals surface area contributed by atoms with Crippen molar-refractivity contribution in [3.8, 4) is 22.3 Å². The van der Waals surface area contributed by atoms with E-state index in [2.05, 4.69) is 15.6 Å². The van der Waals surface area contributed by atoms with Crippen LogP contribution in [0.1, 0.15) is 71.3 Å². The first-order chi connectivity index (χ1) is 21.0. The smallest absolute Gasteiger partial charge is 0.405 e. The van der Waals surface area contributed by atoms with Crippen LogP contribution in [-0.4, -0.2) is 56.2 Å². The summed E-state index contributed by atoms with van der Waals surface area (Å²) in [5, 5.41) is 25.4. The summed E-state index contributed by atoms with van der Waals surface area (Å²) >= 11 is 0. The van der Waals surface area contributed by atoms with Crippen LogP contribution in [0.4, 0.5) is 10.6 Å². The Morgan fingerprint density at radius 1 is 0.955 bits per heavy atom. The van der Waals surface area contributed by atoms with Crippen molar-refractivity contribution in [1.29, 1.82) is 0 Å². The highest BCUT2D eigenvalue weighted by Gasteiger charge is 2.53. The second-order valence-corrected chi connectivity index (χ2v) is 12.7. The van der Waals surface area contributed by atoms with Crippen molar-refractivity contribution in [2.75, 3.05) is 11.9 Å². The fraction of sp³-hybridized carbons (Fsp3) is 0.429. The quantitative estimate of drug-likeness (QED) is 0.233. The molecule has 1 aromatic heterocycles. The topological polar surface area (TPSA) is 132 Å². The van der Waals surface area contributed by atoms with Gasteiger partial charge in [0.1, 0.15) is 5.82 Å². The molecule has 2 fully saturated rings. The molecule has 0 saturated heterocycles. The Labute approximate surface area is 258 Å². The number of benzene rings is 2. The summed E-state index contributed by atoms with van der Waals surface area (Å²) in [6, 6.07) is 19.8. The van der Waals surface area contributed by atoms with Crippen molar-refractivity contribution in [1.82, 2.24) is 15.2 Å². The highest BCUT2D eigenvalue weighted by atomic mass is 16.4. The predicted molar refractivity (Wildman–Crippen MR) is 170 cm³/mol. The van der Waals surface area contributed by atoms with E-state index in [9.17, 15) is 24.6 Å². The molecule has 232 valence electrons. The molecule has 9 heteroatoms.